The molecular weight excluding hydrogens is 315 g/mol. The van der Waals surface area contributed by atoms with Crippen LogP contribution in [0.4, 0.5) is 5.69 Å². The number of allylic oxidation sites excluding steroid dienone is 2. The predicted molar refractivity (Wildman–Crippen MR) is 77.6 cm³/mol. The van der Waals surface area contributed by atoms with Gasteiger partial charge in [-0.15, -0.1) is 0 Å². The average Bonchev–Trinajstić information content (AvgIpc) is 2.30. The zero-order valence-electron chi connectivity index (χ0n) is 11.0. The van der Waals surface area contributed by atoms with Crippen LogP contribution in [0, 0.1) is 21.8 Å². The third kappa shape index (κ3) is 5.95. The van der Waals surface area contributed by atoms with Crippen LogP contribution in [0.2, 0.25) is 0 Å². The predicted octanol–water partition coefficient (Wildman–Crippen LogP) is 4.42. The van der Waals surface area contributed by atoms with Crippen molar-refractivity contribution in [1.29, 1.82) is 0 Å². The van der Waals surface area contributed by atoms with E-state index in [2.05, 4.69) is 29.4 Å². The number of benzene rings is 1. The monoisotopic (exact) mass is 333 g/mol. The molecule has 1 heterocycles. The minimum absolute atomic E-state index is 0. The van der Waals surface area contributed by atoms with Gasteiger partial charge in [0, 0.05) is 0 Å². The number of aliphatic imine (C=N–C) groups is 1. The van der Waals surface area contributed by atoms with Gasteiger partial charge in [-0.25, -0.2) is 0 Å². The Balaban J connectivity index is 0. The van der Waals surface area contributed by atoms with E-state index < -0.39 is 0 Å². The number of rotatable bonds is 2. The van der Waals surface area contributed by atoms with Gasteiger partial charge in [-0.3, -0.25) is 4.99 Å². The molecule has 0 saturated heterocycles. The maximum Gasteiger partial charge on any atom is 2.00 e. The molecule has 100 valence electrons. The average molecular weight is 334 g/mol. The van der Waals surface area contributed by atoms with E-state index in [4.69, 9.17) is 0 Å². The van der Waals surface area contributed by atoms with Crippen LogP contribution < -0.4 is 0 Å². The Hall–Kier alpha value is -1.17. The van der Waals surface area contributed by atoms with Crippen LogP contribution in [0.15, 0.2) is 53.7 Å². The van der Waals surface area contributed by atoms with Crippen LogP contribution in [0.1, 0.15) is 5.56 Å². The summed E-state index contributed by atoms with van der Waals surface area (Å²) in [4.78, 5) is 4.37. The first-order chi connectivity index (χ1) is 7.34. The van der Waals surface area contributed by atoms with Crippen molar-refractivity contribution in [2.24, 2.45) is 4.99 Å². The fraction of sp³-hybridized carbons (Fsp3) is 0.133. The maximum absolute atomic E-state index is 4.37. The first-order valence-electron chi connectivity index (χ1n) is 4.99. The molecule has 1 atom stereocenters. The van der Waals surface area contributed by atoms with Gasteiger partial charge < -0.3 is 20.2 Å². The fourth-order valence-electron chi connectivity index (χ4n) is 1.31. The van der Waals surface area contributed by atoms with Gasteiger partial charge in [0.05, 0.1) is 5.69 Å². The van der Waals surface area contributed by atoms with Crippen LogP contribution in [0.3, 0.4) is 0 Å². The first-order valence-corrected chi connectivity index (χ1v) is 4.99. The van der Waals surface area contributed by atoms with Gasteiger partial charge in [0.2, 0.25) is 0 Å². The molecule has 1 aliphatic heterocycles. The first kappa shape index (κ1) is 19.2. The summed E-state index contributed by atoms with van der Waals surface area (Å²) in [5, 5.41) is 4.25. The van der Waals surface area contributed by atoms with Crippen molar-refractivity contribution in [1.82, 2.24) is 0 Å². The van der Waals surface area contributed by atoms with Crippen LogP contribution in [0.25, 0.3) is 5.32 Å². The normalized spacial score (nSPS) is 16.2. The van der Waals surface area contributed by atoms with E-state index in [0.29, 0.717) is 0 Å². The molecule has 0 fully saturated rings. The van der Waals surface area contributed by atoms with Crippen molar-refractivity contribution in [2.75, 3.05) is 0 Å². The maximum atomic E-state index is 4.37. The summed E-state index contributed by atoms with van der Waals surface area (Å²) in [6.45, 7) is 2.07. The molecule has 0 N–H and O–H groups in total. The molecule has 0 aromatic heterocycles. The van der Waals surface area contributed by atoms with E-state index in [0.717, 1.165) is 5.69 Å². The van der Waals surface area contributed by atoms with E-state index in [9.17, 15) is 0 Å². The van der Waals surface area contributed by atoms with Gasteiger partial charge in [-0.05, 0) is 25.3 Å². The standard InChI is InChI=1S/C13H13N2.2CH3.Pd/c1-11-5-7-12(8-6-11)15-10-13-4-2-3-9-14-13;;;/h2-10,13H,1H3;2*1H3;/q3*-1;+2. The van der Waals surface area contributed by atoms with Crippen molar-refractivity contribution in [3.05, 3.63) is 74.4 Å². The third-order valence-electron chi connectivity index (χ3n) is 2.17. The Kier molecular flexibility index (Phi) is 10.5. The second kappa shape index (κ2) is 9.82. The van der Waals surface area contributed by atoms with Gasteiger partial charge in [-0.1, -0.05) is 42.0 Å². The smallest absolute Gasteiger partial charge is 0.680 e. The molecule has 0 aliphatic carbocycles. The summed E-state index contributed by atoms with van der Waals surface area (Å²) >= 11 is 0. The van der Waals surface area contributed by atoms with Crippen LogP contribution >= 0.6 is 0 Å². The zero-order valence-corrected chi connectivity index (χ0v) is 12.5. The Bertz CT molecular complexity index is 405. The molecule has 3 heteroatoms. The minimum atomic E-state index is 0. The van der Waals surface area contributed by atoms with Crippen LogP contribution in [-0.2, 0) is 20.4 Å². The van der Waals surface area contributed by atoms with E-state index in [1.165, 1.54) is 5.56 Å². The molecule has 0 spiro atoms. The van der Waals surface area contributed by atoms with E-state index in [1.54, 1.807) is 6.20 Å². The summed E-state index contributed by atoms with van der Waals surface area (Å²) in [6.07, 6.45) is 9.56. The van der Waals surface area contributed by atoms with Gasteiger partial charge in [0.1, 0.15) is 0 Å². The summed E-state index contributed by atoms with van der Waals surface area (Å²) < 4.78 is 0. The molecule has 1 unspecified atom stereocenters. The Morgan fingerprint density at radius 2 is 1.78 bits per heavy atom. The molecule has 1 aromatic rings. The van der Waals surface area contributed by atoms with Crippen molar-refractivity contribution >= 4 is 11.9 Å². The Morgan fingerprint density at radius 3 is 2.33 bits per heavy atom. The number of aryl methyl sites for hydroxylation is 1. The molecule has 0 bridgehead atoms. The van der Waals surface area contributed by atoms with Gasteiger partial charge in [0.15, 0.2) is 0 Å². The molecule has 1 aromatic carbocycles. The van der Waals surface area contributed by atoms with Crippen molar-refractivity contribution in [2.45, 2.75) is 13.0 Å². The quantitative estimate of drug-likeness (QED) is 0.435. The summed E-state index contributed by atoms with van der Waals surface area (Å²) in [5.74, 6) is 0. The SMILES string of the molecule is Cc1ccc(N=CC2C=CC=C[N-]2)cc1.[CH3-].[CH3-].[Pd+2]. The van der Waals surface area contributed by atoms with Gasteiger partial charge in [0.25, 0.3) is 0 Å². The molecule has 18 heavy (non-hydrogen) atoms. The van der Waals surface area contributed by atoms with Crippen molar-refractivity contribution < 1.29 is 20.4 Å². The molecule has 0 radical (unpaired) electrons. The molecule has 0 amide bonds. The van der Waals surface area contributed by atoms with Crippen molar-refractivity contribution in [3.8, 4) is 0 Å². The molecule has 2 rings (SSSR count). The van der Waals surface area contributed by atoms with E-state index in [1.807, 2.05) is 36.6 Å². The topological polar surface area (TPSA) is 26.5 Å². The van der Waals surface area contributed by atoms with E-state index in [-0.39, 0.29) is 41.3 Å². The zero-order chi connectivity index (χ0) is 10.5. The Morgan fingerprint density at radius 1 is 1.11 bits per heavy atom. The molecular formula is C15H19N2Pd-. The summed E-state index contributed by atoms with van der Waals surface area (Å²) in [5.41, 5.74) is 2.22. The second-order valence-corrected chi connectivity index (χ2v) is 3.48. The molecule has 1 aliphatic rings. The second-order valence-electron chi connectivity index (χ2n) is 3.48. The minimum Gasteiger partial charge on any atom is -0.680 e. The number of hydrogen-bond donors (Lipinski definition) is 0. The van der Waals surface area contributed by atoms with Gasteiger partial charge >= 0.3 is 20.4 Å². The number of hydrogen-bond acceptors (Lipinski definition) is 1. The third-order valence-corrected chi connectivity index (χ3v) is 2.17. The fourth-order valence-corrected chi connectivity index (χ4v) is 1.31. The largest absolute Gasteiger partial charge is 2.00 e. The molecule has 0 saturated carbocycles. The van der Waals surface area contributed by atoms with Crippen LogP contribution in [0.5, 0.6) is 0 Å². The summed E-state index contributed by atoms with van der Waals surface area (Å²) in [7, 11) is 0. The van der Waals surface area contributed by atoms with E-state index >= 15 is 0 Å². The van der Waals surface area contributed by atoms with Gasteiger partial charge in [-0.2, -0.15) is 6.20 Å². The Labute approximate surface area is 125 Å². The van der Waals surface area contributed by atoms with Crippen molar-refractivity contribution in [3.63, 3.8) is 0 Å². The number of nitrogens with zero attached hydrogens (tertiary/aromatic N) is 2. The van der Waals surface area contributed by atoms with Crippen LogP contribution in [-0.4, -0.2) is 12.3 Å². The summed E-state index contributed by atoms with van der Waals surface area (Å²) in [6, 6.07) is 8.21. The molecule has 2 nitrogen and oxygen atoms in total.